The van der Waals surface area contributed by atoms with Crippen LogP contribution in [-0.4, -0.2) is 47.6 Å². The van der Waals surface area contributed by atoms with Crippen LogP contribution in [0.4, 0.5) is 0 Å². The second kappa shape index (κ2) is 13.6. The molecule has 14 unspecified atom stereocenters. The highest BCUT2D eigenvalue weighted by Crippen LogP contribution is 2.55. The van der Waals surface area contributed by atoms with Gasteiger partial charge in [-0.05, 0) is 131 Å². The molecule has 7 fully saturated rings. The summed E-state index contributed by atoms with van der Waals surface area (Å²) in [5.74, 6) is 8.74. The molecule has 0 amide bonds. The van der Waals surface area contributed by atoms with Crippen LogP contribution in [0, 0.1) is 71.2 Å². The zero-order valence-corrected chi connectivity index (χ0v) is 27.2. The monoisotopic (exact) mass is 606 g/mol. The Morgan fingerprint density at radius 3 is 1.68 bits per heavy atom. The molecule has 44 heavy (non-hydrogen) atoms. The maximum Gasteiger partial charge on any atom is 0.310 e. The third kappa shape index (κ3) is 6.23. The maximum absolute atomic E-state index is 13.5. The number of carbonyl (C=O) groups excluding carboxylic acids is 2. The first-order valence-corrected chi connectivity index (χ1v) is 18.9. The summed E-state index contributed by atoms with van der Waals surface area (Å²) in [7, 11) is 0. The topological polar surface area (TPSA) is 87.7 Å². The van der Waals surface area contributed by atoms with Crippen LogP contribution in [0.15, 0.2) is 0 Å². The molecule has 7 saturated carbocycles. The van der Waals surface area contributed by atoms with Crippen molar-refractivity contribution in [2.75, 3.05) is 6.61 Å². The fourth-order valence-electron chi connectivity index (χ4n) is 12.6. The Balaban J connectivity index is 1.04. The quantitative estimate of drug-likeness (QED) is 0.230. The number of hydrogen-bond donors (Lipinski definition) is 3. The number of nitrogens with one attached hydrogen (secondary N) is 2. The highest BCUT2D eigenvalue weighted by molar-refractivity contribution is 5.97. The number of aliphatic hydroxyl groups excluding tert-OH is 1. The fraction of sp³-hybridized carbons (Fsp3) is 0.895. The van der Waals surface area contributed by atoms with Crippen LogP contribution in [0.2, 0.25) is 0 Å². The van der Waals surface area contributed by atoms with Crippen molar-refractivity contribution in [1.82, 2.24) is 10.6 Å². The SMILES string of the molecule is CCOC(=O)C1CC(NC2CCC3C(C2)CC2CCCCC23)C(C(=O)C#CO)CC1NC1CCC2C(C1)CC1CCCCC12. The van der Waals surface area contributed by atoms with Crippen LogP contribution in [0.5, 0.6) is 0 Å². The second-order valence-corrected chi connectivity index (χ2v) is 16.3. The summed E-state index contributed by atoms with van der Waals surface area (Å²) in [6.07, 6.45) is 24.5. The van der Waals surface area contributed by atoms with Gasteiger partial charge in [0.1, 0.15) is 6.11 Å². The summed E-state index contributed by atoms with van der Waals surface area (Å²) in [4.78, 5) is 26.9. The van der Waals surface area contributed by atoms with Crippen LogP contribution in [0.3, 0.4) is 0 Å². The Labute approximate surface area is 266 Å². The van der Waals surface area contributed by atoms with E-state index in [-0.39, 0.29) is 35.7 Å². The zero-order valence-electron chi connectivity index (χ0n) is 27.2. The van der Waals surface area contributed by atoms with Crippen molar-refractivity contribution < 1.29 is 19.4 Å². The molecule has 14 atom stereocenters. The van der Waals surface area contributed by atoms with E-state index < -0.39 is 0 Å². The lowest BCUT2D eigenvalue weighted by molar-refractivity contribution is -0.152. The van der Waals surface area contributed by atoms with Gasteiger partial charge in [0.05, 0.1) is 12.5 Å². The lowest BCUT2D eigenvalue weighted by Gasteiger charge is -2.45. The normalized spacial score (nSPS) is 46.4. The van der Waals surface area contributed by atoms with Crippen molar-refractivity contribution in [2.45, 2.75) is 147 Å². The van der Waals surface area contributed by atoms with Crippen molar-refractivity contribution in [2.24, 2.45) is 59.2 Å². The van der Waals surface area contributed by atoms with Gasteiger partial charge in [-0.25, -0.2) is 0 Å². The molecular formula is C38H58N2O4. The molecule has 0 bridgehead atoms. The van der Waals surface area contributed by atoms with E-state index in [9.17, 15) is 14.7 Å². The van der Waals surface area contributed by atoms with Gasteiger partial charge in [-0.3, -0.25) is 9.59 Å². The number of rotatable bonds is 7. The van der Waals surface area contributed by atoms with E-state index in [0.717, 1.165) is 53.8 Å². The van der Waals surface area contributed by atoms with Crippen LogP contribution in [-0.2, 0) is 14.3 Å². The van der Waals surface area contributed by atoms with E-state index in [1.165, 1.54) is 96.3 Å². The molecule has 0 aromatic rings. The number of ether oxygens (including phenoxy) is 1. The van der Waals surface area contributed by atoms with Crippen molar-refractivity contribution >= 4 is 11.8 Å². The van der Waals surface area contributed by atoms with Crippen molar-refractivity contribution in [3.63, 3.8) is 0 Å². The fourth-order valence-corrected chi connectivity index (χ4v) is 12.6. The average Bonchev–Trinajstić information content (AvgIpc) is 3.59. The predicted molar refractivity (Wildman–Crippen MR) is 171 cm³/mol. The van der Waals surface area contributed by atoms with Crippen LogP contribution >= 0.6 is 0 Å². The predicted octanol–water partition coefficient (Wildman–Crippen LogP) is 6.38. The minimum absolute atomic E-state index is 0.0968. The van der Waals surface area contributed by atoms with E-state index in [1.54, 1.807) is 0 Å². The second-order valence-electron chi connectivity index (χ2n) is 16.3. The Bertz CT molecular complexity index is 1100. The first-order valence-electron chi connectivity index (χ1n) is 18.9. The summed E-state index contributed by atoms with van der Waals surface area (Å²) in [6, 6.07) is 0.561. The van der Waals surface area contributed by atoms with Crippen LogP contribution in [0.1, 0.15) is 122 Å². The maximum atomic E-state index is 13.5. The molecule has 0 aromatic heterocycles. The summed E-state index contributed by atoms with van der Waals surface area (Å²) in [6.45, 7) is 2.27. The molecule has 3 N–H and O–H groups in total. The van der Waals surface area contributed by atoms with E-state index >= 15 is 0 Å². The third-order valence-corrected chi connectivity index (χ3v) is 14.3. The van der Waals surface area contributed by atoms with E-state index in [0.29, 0.717) is 31.5 Å². The molecule has 6 nitrogen and oxygen atoms in total. The number of Topliss-reactive ketones (excluding diaryl/α,β-unsaturated/α-hetero) is 1. The standard InChI is InChI=1S/C38H58N2O4/c1-2-44-38(43)34-22-35(39-27-11-13-31-25(19-27)17-23-7-3-5-9-29(23)31)33(37(42)15-16-41)21-36(34)40-28-12-14-32-26(20-28)18-24-8-4-6-10-30(24)32/h23-36,39-41H,2-14,17-22H2,1H3. The number of esters is 1. The average molecular weight is 607 g/mol. The lowest BCUT2D eigenvalue weighted by Crippen LogP contribution is -2.58. The van der Waals surface area contributed by atoms with Crippen molar-refractivity contribution in [3.05, 3.63) is 0 Å². The Hall–Kier alpha value is -1.58. The molecular weight excluding hydrogens is 548 g/mol. The first-order chi connectivity index (χ1) is 21.5. The lowest BCUT2D eigenvalue weighted by atomic mass is 9.70. The number of ketones is 1. The molecule has 244 valence electrons. The minimum atomic E-state index is -0.326. The number of carbonyl (C=O) groups is 2. The largest absolute Gasteiger partial charge is 0.466 e. The van der Waals surface area contributed by atoms with E-state index in [4.69, 9.17) is 4.74 Å². The molecule has 0 radical (unpaired) electrons. The van der Waals surface area contributed by atoms with Crippen molar-refractivity contribution in [1.29, 1.82) is 0 Å². The summed E-state index contributed by atoms with van der Waals surface area (Å²) >= 11 is 0. The van der Waals surface area contributed by atoms with Gasteiger partial charge >= 0.3 is 5.97 Å². The van der Waals surface area contributed by atoms with Gasteiger partial charge in [0, 0.05) is 36.0 Å². The number of fused-ring (bicyclic) bond motifs is 6. The first kappa shape index (κ1) is 31.0. The molecule has 0 spiro atoms. The summed E-state index contributed by atoms with van der Waals surface area (Å²) in [5.41, 5.74) is 0. The van der Waals surface area contributed by atoms with Crippen LogP contribution in [0.25, 0.3) is 0 Å². The highest BCUT2D eigenvalue weighted by Gasteiger charge is 2.50. The molecule has 7 rings (SSSR count). The van der Waals surface area contributed by atoms with Gasteiger partial charge in [-0.2, -0.15) is 0 Å². The molecule has 7 aliphatic rings. The van der Waals surface area contributed by atoms with E-state index in [2.05, 4.69) is 16.6 Å². The Morgan fingerprint density at radius 1 is 0.636 bits per heavy atom. The minimum Gasteiger partial charge on any atom is -0.466 e. The molecule has 0 saturated heterocycles. The molecule has 0 aromatic carbocycles. The van der Waals surface area contributed by atoms with Gasteiger partial charge in [-0.1, -0.05) is 38.5 Å². The van der Waals surface area contributed by atoms with Gasteiger partial charge in [-0.15, -0.1) is 0 Å². The zero-order chi connectivity index (χ0) is 30.2. The Morgan fingerprint density at radius 2 is 1.14 bits per heavy atom. The van der Waals surface area contributed by atoms with Gasteiger partial charge in [0.2, 0.25) is 5.78 Å². The molecule has 6 heteroatoms. The number of aliphatic hydroxyl groups is 1. The highest BCUT2D eigenvalue weighted by atomic mass is 16.5. The van der Waals surface area contributed by atoms with E-state index in [1.807, 2.05) is 13.0 Å². The van der Waals surface area contributed by atoms with Gasteiger partial charge in [0.15, 0.2) is 0 Å². The van der Waals surface area contributed by atoms with Crippen LogP contribution < -0.4 is 10.6 Å². The molecule has 0 aliphatic heterocycles. The smallest absolute Gasteiger partial charge is 0.310 e. The van der Waals surface area contributed by atoms with Gasteiger partial charge in [0.25, 0.3) is 0 Å². The molecule has 0 heterocycles. The van der Waals surface area contributed by atoms with Gasteiger partial charge < -0.3 is 20.5 Å². The third-order valence-electron chi connectivity index (χ3n) is 14.3. The number of hydrogen-bond acceptors (Lipinski definition) is 6. The summed E-state index contributed by atoms with van der Waals surface area (Å²) < 4.78 is 5.67. The Kier molecular flexibility index (Phi) is 9.63. The van der Waals surface area contributed by atoms with Crippen molar-refractivity contribution in [3.8, 4) is 12.0 Å². The summed E-state index contributed by atoms with van der Waals surface area (Å²) in [5, 5.41) is 17.3. The molecule has 7 aliphatic carbocycles.